The number of carbonyl (C=O) groups is 2. The van der Waals surface area contributed by atoms with E-state index in [1.54, 1.807) is 31.6 Å². The van der Waals surface area contributed by atoms with Gasteiger partial charge in [0.1, 0.15) is 0 Å². The molecule has 2 rings (SSSR count). The van der Waals surface area contributed by atoms with Gasteiger partial charge in [-0.3, -0.25) is 14.7 Å². The summed E-state index contributed by atoms with van der Waals surface area (Å²) < 4.78 is 0. The molecule has 6 heteroatoms. The number of rotatable bonds is 3. The molecule has 20 heavy (non-hydrogen) atoms. The summed E-state index contributed by atoms with van der Waals surface area (Å²) in [5, 5.41) is 11.9. The fourth-order valence-electron chi connectivity index (χ4n) is 2.49. The second kappa shape index (κ2) is 6.36. The van der Waals surface area contributed by atoms with Gasteiger partial charge >= 0.3 is 12.0 Å². The van der Waals surface area contributed by atoms with E-state index in [4.69, 9.17) is 5.11 Å². The molecule has 108 valence electrons. The monoisotopic (exact) mass is 277 g/mol. The van der Waals surface area contributed by atoms with Gasteiger partial charge in [-0.1, -0.05) is 6.42 Å². The van der Waals surface area contributed by atoms with Gasteiger partial charge in [0.2, 0.25) is 0 Å². The first-order valence-electron chi connectivity index (χ1n) is 6.75. The van der Waals surface area contributed by atoms with Crippen LogP contribution in [-0.2, 0) is 4.79 Å². The van der Waals surface area contributed by atoms with Crippen LogP contribution in [-0.4, -0.2) is 35.2 Å². The van der Waals surface area contributed by atoms with Crippen LogP contribution in [0.4, 0.5) is 10.5 Å². The lowest BCUT2D eigenvalue weighted by molar-refractivity contribution is -0.143. The van der Waals surface area contributed by atoms with Crippen molar-refractivity contribution in [1.29, 1.82) is 0 Å². The summed E-state index contributed by atoms with van der Waals surface area (Å²) in [7, 11) is 1.67. The number of aromatic nitrogens is 1. The van der Waals surface area contributed by atoms with E-state index in [9.17, 15) is 9.59 Å². The molecule has 2 unspecified atom stereocenters. The lowest BCUT2D eigenvalue weighted by Crippen LogP contribution is -2.45. The number of carboxylic acids is 1. The van der Waals surface area contributed by atoms with E-state index < -0.39 is 5.97 Å². The van der Waals surface area contributed by atoms with Crippen LogP contribution in [0.25, 0.3) is 0 Å². The van der Waals surface area contributed by atoms with Crippen molar-refractivity contribution in [2.75, 3.05) is 11.9 Å². The molecular weight excluding hydrogens is 258 g/mol. The Bertz CT molecular complexity index is 478. The number of amides is 2. The highest BCUT2D eigenvalue weighted by Crippen LogP contribution is 2.24. The summed E-state index contributed by atoms with van der Waals surface area (Å²) in [6.07, 6.45) is 6.12. The van der Waals surface area contributed by atoms with Crippen LogP contribution < -0.4 is 10.2 Å². The van der Waals surface area contributed by atoms with Crippen molar-refractivity contribution in [3.05, 3.63) is 24.5 Å². The Labute approximate surface area is 117 Å². The highest BCUT2D eigenvalue weighted by Gasteiger charge is 2.28. The standard InChI is InChI=1S/C14H19N3O3/c1-17(12-6-3-7-15-9-12)14(20)16-11-5-2-4-10(8-11)13(18)19/h3,6-7,9-11H,2,4-5,8H2,1H3,(H,16,20)(H,18,19). The third-order valence-electron chi connectivity index (χ3n) is 3.69. The van der Waals surface area contributed by atoms with Gasteiger partial charge in [0.15, 0.2) is 0 Å². The van der Waals surface area contributed by atoms with E-state index in [0.29, 0.717) is 18.5 Å². The Morgan fingerprint density at radius 1 is 1.45 bits per heavy atom. The van der Waals surface area contributed by atoms with E-state index in [0.717, 1.165) is 12.8 Å². The largest absolute Gasteiger partial charge is 0.481 e. The van der Waals surface area contributed by atoms with E-state index >= 15 is 0 Å². The lowest BCUT2D eigenvalue weighted by Gasteiger charge is -2.29. The van der Waals surface area contributed by atoms with Gasteiger partial charge in [-0.15, -0.1) is 0 Å². The smallest absolute Gasteiger partial charge is 0.321 e. The Hall–Kier alpha value is -2.11. The molecule has 6 nitrogen and oxygen atoms in total. The van der Waals surface area contributed by atoms with E-state index in [1.165, 1.54) is 4.90 Å². The third kappa shape index (κ3) is 3.46. The van der Waals surface area contributed by atoms with Crippen molar-refractivity contribution in [2.24, 2.45) is 5.92 Å². The fraction of sp³-hybridized carbons (Fsp3) is 0.500. The van der Waals surface area contributed by atoms with Crippen LogP contribution in [0.1, 0.15) is 25.7 Å². The summed E-state index contributed by atoms with van der Waals surface area (Å²) in [5.41, 5.74) is 0.704. The van der Waals surface area contributed by atoms with Gasteiger partial charge in [0.25, 0.3) is 0 Å². The van der Waals surface area contributed by atoms with Crippen molar-refractivity contribution in [3.63, 3.8) is 0 Å². The first-order chi connectivity index (χ1) is 9.58. The Kier molecular flexibility index (Phi) is 4.55. The molecule has 1 aromatic heterocycles. The van der Waals surface area contributed by atoms with E-state index in [1.807, 2.05) is 0 Å². The highest BCUT2D eigenvalue weighted by atomic mass is 16.4. The number of pyridine rings is 1. The maximum absolute atomic E-state index is 12.1. The molecule has 1 aromatic rings. The molecule has 0 bridgehead atoms. The van der Waals surface area contributed by atoms with Crippen LogP contribution in [0.3, 0.4) is 0 Å². The normalized spacial score (nSPS) is 22.1. The molecule has 1 saturated carbocycles. The van der Waals surface area contributed by atoms with E-state index in [-0.39, 0.29) is 18.0 Å². The molecule has 1 aliphatic carbocycles. The van der Waals surface area contributed by atoms with Gasteiger partial charge in [-0.25, -0.2) is 4.79 Å². The minimum Gasteiger partial charge on any atom is -0.481 e. The summed E-state index contributed by atoms with van der Waals surface area (Å²) in [6, 6.07) is 3.26. The van der Waals surface area contributed by atoms with Crippen LogP contribution in [0.5, 0.6) is 0 Å². The quantitative estimate of drug-likeness (QED) is 0.883. The molecular formula is C14H19N3O3. The van der Waals surface area contributed by atoms with Crippen molar-refractivity contribution in [1.82, 2.24) is 10.3 Å². The SMILES string of the molecule is CN(C(=O)NC1CCCC(C(=O)O)C1)c1cccnc1. The molecule has 0 radical (unpaired) electrons. The van der Waals surface area contributed by atoms with Gasteiger partial charge in [-0.2, -0.15) is 0 Å². The predicted molar refractivity (Wildman–Crippen MR) is 74.6 cm³/mol. The molecule has 1 aliphatic rings. The van der Waals surface area contributed by atoms with Gasteiger partial charge in [0.05, 0.1) is 17.8 Å². The molecule has 2 atom stereocenters. The number of nitrogens with zero attached hydrogens (tertiary/aromatic N) is 2. The second-order valence-corrected chi connectivity index (χ2v) is 5.12. The number of hydrogen-bond acceptors (Lipinski definition) is 3. The number of anilines is 1. The molecule has 0 spiro atoms. The van der Waals surface area contributed by atoms with Gasteiger partial charge in [0, 0.05) is 19.3 Å². The first kappa shape index (κ1) is 14.3. The van der Waals surface area contributed by atoms with Gasteiger partial charge in [-0.05, 0) is 31.4 Å². The van der Waals surface area contributed by atoms with Crippen molar-refractivity contribution in [2.45, 2.75) is 31.7 Å². The molecule has 0 aromatic carbocycles. The van der Waals surface area contributed by atoms with Crippen LogP contribution in [0.15, 0.2) is 24.5 Å². The predicted octanol–water partition coefficient (Wildman–Crippen LogP) is 1.87. The molecule has 0 aliphatic heterocycles. The van der Waals surface area contributed by atoms with Crippen LogP contribution in [0.2, 0.25) is 0 Å². The molecule has 0 saturated heterocycles. The average Bonchev–Trinajstić information content (AvgIpc) is 2.47. The number of urea groups is 1. The zero-order valence-corrected chi connectivity index (χ0v) is 11.5. The maximum atomic E-state index is 12.1. The minimum atomic E-state index is -0.774. The number of hydrogen-bond donors (Lipinski definition) is 2. The van der Waals surface area contributed by atoms with Crippen LogP contribution >= 0.6 is 0 Å². The highest BCUT2D eigenvalue weighted by molar-refractivity contribution is 5.91. The summed E-state index contributed by atoms with van der Waals surface area (Å²) in [4.78, 5) is 28.6. The van der Waals surface area contributed by atoms with Crippen molar-refractivity contribution >= 4 is 17.7 Å². The fourth-order valence-corrected chi connectivity index (χ4v) is 2.49. The second-order valence-electron chi connectivity index (χ2n) is 5.12. The zero-order valence-electron chi connectivity index (χ0n) is 11.5. The molecule has 1 heterocycles. The van der Waals surface area contributed by atoms with Gasteiger partial charge < -0.3 is 10.4 Å². The van der Waals surface area contributed by atoms with Crippen LogP contribution in [0, 0.1) is 5.92 Å². The first-order valence-corrected chi connectivity index (χ1v) is 6.75. The number of carbonyl (C=O) groups excluding carboxylic acids is 1. The Morgan fingerprint density at radius 3 is 2.90 bits per heavy atom. The minimum absolute atomic E-state index is 0.0727. The van der Waals surface area contributed by atoms with Crippen molar-refractivity contribution in [3.8, 4) is 0 Å². The Balaban J connectivity index is 1.92. The zero-order chi connectivity index (χ0) is 14.5. The Morgan fingerprint density at radius 2 is 2.25 bits per heavy atom. The molecule has 2 amide bonds. The molecule has 1 fully saturated rings. The summed E-state index contributed by atoms with van der Waals surface area (Å²) in [5.74, 6) is -1.12. The maximum Gasteiger partial charge on any atom is 0.321 e. The van der Waals surface area contributed by atoms with E-state index in [2.05, 4.69) is 10.3 Å². The number of nitrogens with one attached hydrogen (secondary N) is 1. The summed E-state index contributed by atoms with van der Waals surface area (Å²) in [6.45, 7) is 0. The lowest BCUT2D eigenvalue weighted by atomic mass is 9.86. The third-order valence-corrected chi connectivity index (χ3v) is 3.69. The number of carboxylic acid groups (broad SMARTS) is 1. The summed E-state index contributed by atoms with van der Waals surface area (Å²) >= 11 is 0. The van der Waals surface area contributed by atoms with Crippen molar-refractivity contribution < 1.29 is 14.7 Å². The molecule has 2 N–H and O–H groups in total. The average molecular weight is 277 g/mol. The number of aliphatic carboxylic acids is 1. The topological polar surface area (TPSA) is 82.5 Å².